The molecular weight excluding hydrogens is 258 g/mol. The zero-order valence-electron chi connectivity index (χ0n) is 13.2. The fraction of sp³-hybridized carbons (Fsp3) is 0.368. The van der Waals surface area contributed by atoms with Gasteiger partial charge in [0.25, 0.3) is 0 Å². The highest BCUT2D eigenvalue weighted by molar-refractivity contribution is 5.27. The Morgan fingerprint density at radius 3 is 2.43 bits per heavy atom. The molecular formula is C19H25NO. The maximum Gasteiger partial charge on any atom is 0.118 e. The molecule has 0 heterocycles. The van der Waals surface area contributed by atoms with Crippen molar-refractivity contribution in [3.05, 3.63) is 65.2 Å². The first-order chi connectivity index (χ1) is 10.2. The molecule has 2 aromatic rings. The lowest BCUT2D eigenvalue weighted by molar-refractivity contribution is 0.414. The van der Waals surface area contributed by atoms with Crippen LogP contribution in [0.15, 0.2) is 48.5 Å². The summed E-state index contributed by atoms with van der Waals surface area (Å²) in [7, 11) is 3.75. The number of likely N-dealkylation sites (N-methyl/N-ethyl adjacent to an activating group) is 1. The Hall–Kier alpha value is -1.80. The normalized spacial score (nSPS) is 12.1. The minimum absolute atomic E-state index is 0.508. The fourth-order valence-corrected chi connectivity index (χ4v) is 2.61. The molecule has 2 aromatic carbocycles. The van der Waals surface area contributed by atoms with Crippen molar-refractivity contribution in [1.29, 1.82) is 0 Å². The van der Waals surface area contributed by atoms with Crippen molar-refractivity contribution in [2.45, 2.75) is 32.2 Å². The van der Waals surface area contributed by atoms with Gasteiger partial charge in [0.2, 0.25) is 0 Å². The van der Waals surface area contributed by atoms with Crippen molar-refractivity contribution in [3.8, 4) is 5.75 Å². The molecule has 0 amide bonds. The number of hydrogen-bond donors (Lipinski definition) is 1. The van der Waals surface area contributed by atoms with Crippen molar-refractivity contribution in [2.75, 3.05) is 14.2 Å². The van der Waals surface area contributed by atoms with Gasteiger partial charge in [-0.15, -0.1) is 0 Å². The minimum atomic E-state index is 0.508. The van der Waals surface area contributed by atoms with Gasteiger partial charge in [-0.3, -0.25) is 0 Å². The SMILES string of the molecule is CNC(CCc1ccc(OC)cc1)Cc1cccc(C)c1. The largest absolute Gasteiger partial charge is 0.497 e. The Bertz CT molecular complexity index is 548. The number of aryl methyl sites for hydroxylation is 2. The molecule has 1 unspecified atom stereocenters. The van der Waals surface area contributed by atoms with Crippen LogP contribution in [0.25, 0.3) is 0 Å². The highest BCUT2D eigenvalue weighted by Crippen LogP contribution is 2.15. The average molecular weight is 283 g/mol. The first kappa shape index (κ1) is 15.6. The lowest BCUT2D eigenvalue weighted by atomic mass is 9.98. The Morgan fingerprint density at radius 2 is 1.81 bits per heavy atom. The number of ether oxygens (including phenoxy) is 1. The topological polar surface area (TPSA) is 21.3 Å². The van der Waals surface area contributed by atoms with E-state index in [1.807, 2.05) is 12.1 Å². The molecule has 0 saturated carbocycles. The third-order valence-corrected chi connectivity index (χ3v) is 3.91. The van der Waals surface area contributed by atoms with E-state index in [9.17, 15) is 0 Å². The second-order valence-corrected chi connectivity index (χ2v) is 5.57. The summed E-state index contributed by atoms with van der Waals surface area (Å²) in [5.41, 5.74) is 4.10. The fourth-order valence-electron chi connectivity index (χ4n) is 2.61. The van der Waals surface area contributed by atoms with Crippen LogP contribution in [0, 0.1) is 6.92 Å². The first-order valence-corrected chi connectivity index (χ1v) is 7.57. The smallest absolute Gasteiger partial charge is 0.118 e. The van der Waals surface area contributed by atoms with Gasteiger partial charge in [0.05, 0.1) is 7.11 Å². The molecule has 0 aromatic heterocycles. The lowest BCUT2D eigenvalue weighted by Crippen LogP contribution is -2.28. The summed E-state index contributed by atoms with van der Waals surface area (Å²) in [5, 5.41) is 3.44. The number of hydrogen-bond acceptors (Lipinski definition) is 2. The predicted octanol–water partition coefficient (Wildman–Crippen LogP) is 3.77. The van der Waals surface area contributed by atoms with E-state index in [2.05, 4.69) is 55.7 Å². The van der Waals surface area contributed by atoms with E-state index in [1.165, 1.54) is 16.7 Å². The van der Waals surface area contributed by atoms with Gasteiger partial charge in [0.1, 0.15) is 5.75 Å². The Labute approximate surface area is 128 Å². The molecule has 0 fully saturated rings. The summed E-state index contributed by atoms with van der Waals surface area (Å²) < 4.78 is 5.19. The highest BCUT2D eigenvalue weighted by Gasteiger charge is 2.08. The Morgan fingerprint density at radius 1 is 1.05 bits per heavy atom. The van der Waals surface area contributed by atoms with E-state index in [0.717, 1.165) is 25.0 Å². The molecule has 0 aliphatic heterocycles. The van der Waals surface area contributed by atoms with Crippen molar-refractivity contribution in [1.82, 2.24) is 5.32 Å². The summed E-state index contributed by atoms with van der Waals surface area (Å²) in [6.45, 7) is 2.15. The predicted molar refractivity (Wildman–Crippen MR) is 89.0 cm³/mol. The van der Waals surface area contributed by atoms with Crippen LogP contribution in [0.2, 0.25) is 0 Å². The van der Waals surface area contributed by atoms with Crippen molar-refractivity contribution in [2.24, 2.45) is 0 Å². The molecule has 2 nitrogen and oxygen atoms in total. The van der Waals surface area contributed by atoms with Crippen LogP contribution in [0.1, 0.15) is 23.1 Å². The summed E-state index contributed by atoms with van der Waals surface area (Å²) >= 11 is 0. The maximum absolute atomic E-state index is 5.19. The summed E-state index contributed by atoms with van der Waals surface area (Å²) in [6, 6.07) is 17.7. The van der Waals surface area contributed by atoms with E-state index in [-0.39, 0.29) is 0 Å². The molecule has 2 heteroatoms. The first-order valence-electron chi connectivity index (χ1n) is 7.57. The highest BCUT2D eigenvalue weighted by atomic mass is 16.5. The molecule has 1 N–H and O–H groups in total. The second-order valence-electron chi connectivity index (χ2n) is 5.57. The van der Waals surface area contributed by atoms with Crippen molar-refractivity contribution < 1.29 is 4.74 Å². The van der Waals surface area contributed by atoms with Gasteiger partial charge in [0, 0.05) is 6.04 Å². The Balaban J connectivity index is 1.89. The van der Waals surface area contributed by atoms with Crippen LogP contribution in [-0.4, -0.2) is 20.2 Å². The quantitative estimate of drug-likeness (QED) is 0.835. The lowest BCUT2D eigenvalue weighted by Gasteiger charge is -2.16. The van der Waals surface area contributed by atoms with Gasteiger partial charge in [0.15, 0.2) is 0 Å². The zero-order valence-corrected chi connectivity index (χ0v) is 13.2. The summed E-state index contributed by atoms with van der Waals surface area (Å²) in [6.07, 6.45) is 3.30. The Kier molecular flexibility index (Phi) is 5.82. The molecule has 0 spiro atoms. The number of methoxy groups -OCH3 is 1. The summed E-state index contributed by atoms with van der Waals surface area (Å²) in [4.78, 5) is 0. The van der Waals surface area contributed by atoms with E-state index < -0.39 is 0 Å². The molecule has 0 aliphatic rings. The second kappa shape index (κ2) is 7.84. The molecule has 0 aliphatic carbocycles. The van der Waals surface area contributed by atoms with Crippen molar-refractivity contribution >= 4 is 0 Å². The van der Waals surface area contributed by atoms with Crippen LogP contribution in [0.5, 0.6) is 5.75 Å². The average Bonchev–Trinajstić information content (AvgIpc) is 2.52. The molecule has 0 bridgehead atoms. The number of nitrogens with one attached hydrogen (secondary N) is 1. The van der Waals surface area contributed by atoms with Gasteiger partial charge in [-0.05, 0) is 56.5 Å². The standard InChI is InChI=1S/C19H25NO/c1-15-5-4-6-17(13-15)14-18(20-2)10-7-16-8-11-19(21-3)12-9-16/h4-6,8-9,11-13,18,20H,7,10,14H2,1-3H3. The molecule has 21 heavy (non-hydrogen) atoms. The van der Waals surface area contributed by atoms with Crippen LogP contribution in [-0.2, 0) is 12.8 Å². The molecule has 0 saturated heterocycles. The van der Waals surface area contributed by atoms with Gasteiger partial charge < -0.3 is 10.1 Å². The molecule has 0 radical (unpaired) electrons. The monoisotopic (exact) mass is 283 g/mol. The maximum atomic E-state index is 5.19. The van der Waals surface area contributed by atoms with E-state index in [4.69, 9.17) is 4.74 Å². The van der Waals surface area contributed by atoms with Crippen molar-refractivity contribution in [3.63, 3.8) is 0 Å². The van der Waals surface area contributed by atoms with Gasteiger partial charge in [-0.25, -0.2) is 0 Å². The van der Waals surface area contributed by atoms with Crippen LogP contribution in [0.3, 0.4) is 0 Å². The third-order valence-electron chi connectivity index (χ3n) is 3.91. The minimum Gasteiger partial charge on any atom is -0.497 e. The number of rotatable bonds is 7. The van der Waals surface area contributed by atoms with E-state index >= 15 is 0 Å². The molecule has 1 atom stereocenters. The van der Waals surface area contributed by atoms with Gasteiger partial charge >= 0.3 is 0 Å². The molecule has 2 rings (SSSR count). The van der Waals surface area contributed by atoms with Gasteiger partial charge in [-0.2, -0.15) is 0 Å². The van der Waals surface area contributed by atoms with Gasteiger partial charge in [-0.1, -0.05) is 42.0 Å². The third kappa shape index (κ3) is 4.91. The zero-order chi connectivity index (χ0) is 15.1. The van der Waals surface area contributed by atoms with E-state index in [0.29, 0.717) is 6.04 Å². The van der Waals surface area contributed by atoms with Crippen LogP contribution >= 0.6 is 0 Å². The summed E-state index contributed by atoms with van der Waals surface area (Å²) in [5.74, 6) is 0.920. The molecule has 112 valence electrons. The number of benzene rings is 2. The van der Waals surface area contributed by atoms with Crippen LogP contribution in [0.4, 0.5) is 0 Å². The van der Waals surface area contributed by atoms with E-state index in [1.54, 1.807) is 7.11 Å². The van der Waals surface area contributed by atoms with Crippen LogP contribution < -0.4 is 10.1 Å².